The maximum atomic E-state index is 9.38. The molecule has 0 fully saturated rings. The maximum Gasteiger partial charge on any atom is 0.179 e. The first-order valence-corrected chi connectivity index (χ1v) is 7.43. The first-order chi connectivity index (χ1) is 12.6. The van der Waals surface area contributed by atoms with Crippen LogP contribution in [0.3, 0.4) is 0 Å². The van der Waals surface area contributed by atoms with Gasteiger partial charge in [0.1, 0.15) is 23.6 Å². The molecule has 8 heteroatoms. The summed E-state index contributed by atoms with van der Waals surface area (Å²) in [6, 6.07) is 16.2. The molecule has 1 aromatic heterocycles. The minimum atomic E-state index is -0.106. The molecular weight excluding hydrogens is 332 g/mol. The van der Waals surface area contributed by atoms with E-state index in [1.54, 1.807) is 24.3 Å². The Labute approximate surface area is 148 Å². The van der Waals surface area contributed by atoms with E-state index < -0.39 is 0 Å². The molecule has 4 N–H and O–H groups in total. The third-order valence-corrected chi connectivity index (χ3v) is 3.37. The van der Waals surface area contributed by atoms with Crippen LogP contribution in [0.2, 0.25) is 0 Å². The zero-order chi connectivity index (χ0) is 18.5. The van der Waals surface area contributed by atoms with Crippen LogP contribution in [0.25, 0.3) is 0 Å². The van der Waals surface area contributed by atoms with E-state index in [9.17, 15) is 20.7 Å². The van der Waals surface area contributed by atoms with Crippen molar-refractivity contribution in [1.82, 2.24) is 9.97 Å². The molecule has 3 aromatic rings. The average Bonchev–Trinajstić information content (AvgIpc) is 2.66. The van der Waals surface area contributed by atoms with E-state index in [0.717, 1.165) is 0 Å². The molecule has 0 aliphatic rings. The largest absolute Gasteiger partial charge is 0.508 e. The van der Waals surface area contributed by atoms with E-state index in [4.69, 9.17) is 0 Å². The fraction of sp³-hybridized carbons (Fsp3) is 0. The maximum absolute atomic E-state index is 9.38. The molecule has 0 bridgehead atoms. The smallest absolute Gasteiger partial charge is 0.179 e. The second kappa shape index (κ2) is 7.07. The van der Waals surface area contributed by atoms with Crippen molar-refractivity contribution in [1.29, 1.82) is 10.5 Å². The van der Waals surface area contributed by atoms with Crippen LogP contribution >= 0.6 is 0 Å². The Morgan fingerprint density at radius 3 is 1.31 bits per heavy atom. The van der Waals surface area contributed by atoms with E-state index in [1.165, 1.54) is 24.3 Å². The van der Waals surface area contributed by atoms with Gasteiger partial charge in [-0.2, -0.15) is 10.5 Å². The number of anilines is 4. The van der Waals surface area contributed by atoms with Crippen molar-refractivity contribution in [2.24, 2.45) is 0 Å². The molecule has 0 atom stereocenters. The quantitative estimate of drug-likeness (QED) is 0.530. The van der Waals surface area contributed by atoms with Crippen molar-refractivity contribution in [3.63, 3.8) is 0 Å². The van der Waals surface area contributed by atoms with Crippen LogP contribution in [0.5, 0.6) is 11.5 Å². The molecule has 0 unspecified atom stereocenters. The van der Waals surface area contributed by atoms with Crippen LogP contribution in [-0.4, -0.2) is 20.2 Å². The highest BCUT2D eigenvalue weighted by Crippen LogP contribution is 2.27. The Bertz CT molecular complexity index is 933. The van der Waals surface area contributed by atoms with E-state index in [0.29, 0.717) is 11.4 Å². The van der Waals surface area contributed by atoms with Crippen LogP contribution in [0.4, 0.5) is 23.0 Å². The van der Waals surface area contributed by atoms with E-state index in [2.05, 4.69) is 20.6 Å². The normalized spacial score (nSPS) is 9.77. The van der Waals surface area contributed by atoms with Gasteiger partial charge in [0.05, 0.1) is 0 Å². The summed E-state index contributed by atoms with van der Waals surface area (Å²) < 4.78 is 0. The van der Waals surface area contributed by atoms with Gasteiger partial charge in [0.2, 0.25) is 0 Å². The van der Waals surface area contributed by atoms with Crippen molar-refractivity contribution in [3.05, 3.63) is 59.9 Å². The van der Waals surface area contributed by atoms with Gasteiger partial charge in [-0.15, -0.1) is 0 Å². The van der Waals surface area contributed by atoms with Crippen LogP contribution in [-0.2, 0) is 0 Å². The van der Waals surface area contributed by atoms with Gasteiger partial charge in [0.25, 0.3) is 0 Å². The fourth-order valence-corrected chi connectivity index (χ4v) is 2.13. The molecule has 0 aliphatic heterocycles. The number of phenolic OH excluding ortho intramolecular Hbond substituents is 2. The second-order valence-corrected chi connectivity index (χ2v) is 5.19. The Hall–Kier alpha value is -4.30. The molecule has 26 heavy (non-hydrogen) atoms. The molecule has 8 nitrogen and oxygen atoms in total. The number of benzene rings is 2. The standard InChI is InChI=1S/C18H12N6O2/c19-9-15-16(10-20)24-18(22-12-3-7-14(26)8-4-12)17(23-15)21-11-1-5-13(25)6-2-11/h1-8,25-26H,(H,21,23)(H,22,24). The van der Waals surface area contributed by atoms with E-state index in [1.807, 2.05) is 12.1 Å². The van der Waals surface area contributed by atoms with Gasteiger partial charge in [-0.05, 0) is 48.5 Å². The fourth-order valence-electron chi connectivity index (χ4n) is 2.13. The van der Waals surface area contributed by atoms with Crippen LogP contribution in [0.15, 0.2) is 48.5 Å². The second-order valence-electron chi connectivity index (χ2n) is 5.19. The van der Waals surface area contributed by atoms with Gasteiger partial charge in [-0.25, -0.2) is 9.97 Å². The number of nitrogens with one attached hydrogen (secondary N) is 2. The third kappa shape index (κ3) is 3.61. The van der Waals surface area contributed by atoms with Gasteiger partial charge in [0.15, 0.2) is 23.0 Å². The first-order valence-electron chi connectivity index (χ1n) is 7.43. The summed E-state index contributed by atoms with van der Waals surface area (Å²) in [4.78, 5) is 8.32. The van der Waals surface area contributed by atoms with Crippen molar-refractivity contribution >= 4 is 23.0 Å². The van der Waals surface area contributed by atoms with E-state index in [-0.39, 0.29) is 34.5 Å². The topological polar surface area (TPSA) is 138 Å². The Kier molecular flexibility index (Phi) is 4.50. The van der Waals surface area contributed by atoms with Gasteiger partial charge in [-0.3, -0.25) is 0 Å². The van der Waals surface area contributed by atoms with Gasteiger partial charge >= 0.3 is 0 Å². The monoisotopic (exact) mass is 344 g/mol. The molecule has 126 valence electrons. The minimum Gasteiger partial charge on any atom is -0.508 e. The molecule has 2 aromatic carbocycles. The lowest BCUT2D eigenvalue weighted by Crippen LogP contribution is -2.06. The van der Waals surface area contributed by atoms with Crippen molar-refractivity contribution in [2.45, 2.75) is 0 Å². The molecule has 0 saturated carbocycles. The van der Waals surface area contributed by atoms with Gasteiger partial charge in [0, 0.05) is 11.4 Å². The number of hydrogen-bond donors (Lipinski definition) is 4. The zero-order valence-corrected chi connectivity index (χ0v) is 13.3. The minimum absolute atomic E-state index is 0.106. The van der Waals surface area contributed by atoms with Crippen molar-refractivity contribution < 1.29 is 10.2 Å². The van der Waals surface area contributed by atoms with Crippen LogP contribution in [0, 0.1) is 22.7 Å². The predicted octanol–water partition coefficient (Wildman–Crippen LogP) is 3.12. The molecule has 0 saturated heterocycles. The molecule has 0 radical (unpaired) electrons. The summed E-state index contributed by atoms with van der Waals surface area (Å²) in [5.41, 5.74) is 1.01. The summed E-state index contributed by atoms with van der Waals surface area (Å²) in [7, 11) is 0. The highest BCUT2D eigenvalue weighted by Gasteiger charge is 2.14. The molecular formula is C18H12N6O2. The lowest BCUT2D eigenvalue weighted by molar-refractivity contribution is 0.475. The molecule has 3 rings (SSSR count). The number of phenols is 2. The summed E-state index contributed by atoms with van der Waals surface area (Å²) in [6.45, 7) is 0. The molecule has 0 aliphatic carbocycles. The number of nitriles is 2. The number of nitrogens with zero attached hydrogens (tertiary/aromatic N) is 4. The summed E-state index contributed by atoms with van der Waals surface area (Å²) in [6.07, 6.45) is 0. The first kappa shape index (κ1) is 16.6. The molecule has 0 spiro atoms. The number of hydrogen-bond acceptors (Lipinski definition) is 8. The Morgan fingerprint density at radius 2 is 1.00 bits per heavy atom. The SMILES string of the molecule is N#Cc1nc(Nc2ccc(O)cc2)c(Nc2ccc(O)cc2)nc1C#N. The summed E-state index contributed by atoms with van der Waals surface area (Å²) in [5.74, 6) is 0.696. The highest BCUT2D eigenvalue weighted by atomic mass is 16.3. The lowest BCUT2D eigenvalue weighted by Gasteiger charge is -2.13. The van der Waals surface area contributed by atoms with Gasteiger partial charge < -0.3 is 20.8 Å². The van der Waals surface area contributed by atoms with E-state index >= 15 is 0 Å². The van der Waals surface area contributed by atoms with Gasteiger partial charge in [-0.1, -0.05) is 0 Å². The molecule has 0 amide bonds. The highest BCUT2D eigenvalue weighted by molar-refractivity contribution is 5.73. The van der Waals surface area contributed by atoms with Crippen molar-refractivity contribution in [2.75, 3.05) is 10.6 Å². The van der Waals surface area contributed by atoms with Crippen molar-refractivity contribution in [3.8, 4) is 23.6 Å². The summed E-state index contributed by atoms with van der Waals surface area (Å²) >= 11 is 0. The summed E-state index contributed by atoms with van der Waals surface area (Å²) in [5, 5.41) is 43.1. The third-order valence-electron chi connectivity index (χ3n) is 3.37. The Morgan fingerprint density at radius 1 is 0.654 bits per heavy atom. The Balaban J connectivity index is 2.02. The number of rotatable bonds is 4. The molecule has 1 heterocycles. The number of aromatic hydroxyl groups is 2. The van der Waals surface area contributed by atoms with Crippen LogP contribution in [0.1, 0.15) is 11.4 Å². The van der Waals surface area contributed by atoms with Crippen LogP contribution < -0.4 is 10.6 Å². The zero-order valence-electron chi connectivity index (χ0n) is 13.3. The number of aromatic nitrogens is 2. The predicted molar refractivity (Wildman–Crippen MR) is 94.2 cm³/mol. The average molecular weight is 344 g/mol. The lowest BCUT2D eigenvalue weighted by atomic mass is 10.2.